The molecule has 1 aliphatic heterocycles. The first-order valence-corrected chi connectivity index (χ1v) is 9.13. The summed E-state index contributed by atoms with van der Waals surface area (Å²) >= 11 is 2.05. The van der Waals surface area contributed by atoms with Crippen molar-refractivity contribution >= 4 is 11.8 Å². The van der Waals surface area contributed by atoms with Gasteiger partial charge in [-0.2, -0.15) is 11.8 Å². The summed E-state index contributed by atoms with van der Waals surface area (Å²) in [6, 6.07) is 10.8. The van der Waals surface area contributed by atoms with Gasteiger partial charge in [0.25, 0.3) is 0 Å². The van der Waals surface area contributed by atoms with Gasteiger partial charge in [-0.25, -0.2) is 4.68 Å². The van der Waals surface area contributed by atoms with E-state index in [1.807, 2.05) is 10.7 Å². The Morgan fingerprint density at radius 1 is 1.18 bits per heavy atom. The van der Waals surface area contributed by atoms with Crippen molar-refractivity contribution in [3.8, 4) is 0 Å². The van der Waals surface area contributed by atoms with Gasteiger partial charge in [0.1, 0.15) is 0 Å². The number of hydrogen-bond donors (Lipinski definition) is 1. The minimum Gasteiger partial charge on any atom is -0.325 e. The fourth-order valence-corrected chi connectivity index (χ4v) is 4.22. The number of aromatic nitrogens is 4. The lowest BCUT2D eigenvalue weighted by molar-refractivity contribution is -0.933. The molecule has 1 fully saturated rings. The molecule has 2 aromatic rings. The molecule has 2 heterocycles. The fourth-order valence-electron chi connectivity index (χ4n) is 3.20. The molecule has 0 unspecified atom stereocenters. The summed E-state index contributed by atoms with van der Waals surface area (Å²) < 4.78 is 1.98. The maximum absolute atomic E-state index is 4.38. The summed E-state index contributed by atoms with van der Waals surface area (Å²) in [5.74, 6) is 4.02. The average molecular weight is 318 g/mol. The Kier molecular flexibility index (Phi) is 5.10. The molecular formula is C16H24N5S+. The highest BCUT2D eigenvalue weighted by Gasteiger charge is 2.33. The molecule has 0 aliphatic carbocycles. The summed E-state index contributed by atoms with van der Waals surface area (Å²) in [5, 5.41) is 12.6. The Labute approximate surface area is 136 Å². The van der Waals surface area contributed by atoms with E-state index in [9.17, 15) is 0 Å². The van der Waals surface area contributed by atoms with Crippen molar-refractivity contribution in [2.45, 2.75) is 26.4 Å². The largest absolute Gasteiger partial charge is 0.325 e. The Hall–Kier alpha value is -1.40. The molecule has 1 aromatic heterocycles. The maximum atomic E-state index is 4.38. The van der Waals surface area contributed by atoms with Gasteiger partial charge in [0.2, 0.25) is 5.82 Å². The standard InChI is InChI=1S/C16H23N5S/c1-13(2)15(20-8-10-22-11-9-20)16-17-18-19-21(16)12-14-6-4-3-5-7-14/h3-7,13,15H,8-12H2,1-2H3/p+1/t15-/m0/s1. The maximum Gasteiger partial charge on any atom is 0.209 e. The number of benzene rings is 1. The van der Waals surface area contributed by atoms with Crippen LogP contribution >= 0.6 is 11.8 Å². The van der Waals surface area contributed by atoms with Crippen molar-refractivity contribution < 1.29 is 4.90 Å². The first-order valence-electron chi connectivity index (χ1n) is 7.98. The predicted molar refractivity (Wildman–Crippen MR) is 89.0 cm³/mol. The van der Waals surface area contributed by atoms with E-state index in [4.69, 9.17) is 0 Å². The van der Waals surface area contributed by atoms with E-state index in [1.165, 1.54) is 30.2 Å². The second-order valence-electron chi connectivity index (χ2n) is 6.17. The molecule has 6 heteroatoms. The molecule has 5 nitrogen and oxygen atoms in total. The first-order chi connectivity index (χ1) is 10.8. The lowest BCUT2D eigenvalue weighted by Crippen LogP contribution is -3.14. The van der Waals surface area contributed by atoms with Gasteiger partial charge >= 0.3 is 0 Å². The van der Waals surface area contributed by atoms with Gasteiger partial charge in [-0.3, -0.25) is 0 Å². The molecule has 0 radical (unpaired) electrons. The highest BCUT2D eigenvalue weighted by Crippen LogP contribution is 2.18. The van der Waals surface area contributed by atoms with Crippen LogP contribution in [0.5, 0.6) is 0 Å². The zero-order valence-corrected chi connectivity index (χ0v) is 14.1. The van der Waals surface area contributed by atoms with Crippen molar-refractivity contribution in [2.24, 2.45) is 5.92 Å². The van der Waals surface area contributed by atoms with E-state index in [2.05, 4.69) is 65.4 Å². The summed E-state index contributed by atoms with van der Waals surface area (Å²) in [5.41, 5.74) is 1.24. The topological polar surface area (TPSA) is 48.0 Å². The number of nitrogens with zero attached hydrogens (tertiary/aromatic N) is 4. The Morgan fingerprint density at radius 2 is 1.91 bits per heavy atom. The molecule has 1 aromatic carbocycles. The van der Waals surface area contributed by atoms with E-state index < -0.39 is 0 Å². The molecule has 118 valence electrons. The molecule has 1 saturated heterocycles. The van der Waals surface area contributed by atoms with Crippen molar-refractivity contribution in [3.63, 3.8) is 0 Å². The minimum absolute atomic E-state index is 0.375. The van der Waals surface area contributed by atoms with Crippen molar-refractivity contribution in [3.05, 3.63) is 41.7 Å². The van der Waals surface area contributed by atoms with Gasteiger partial charge in [-0.05, 0) is 16.0 Å². The van der Waals surface area contributed by atoms with Crippen LogP contribution in [-0.2, 0) is 6.54 Å². The Bertz CT molecular complexity index is 577. The molecule has 0 saturated carbocycles. The second-order valence-corrected chi connectivity index (χ2v) is 7.40. The van der Waals surface area contributed by atoms with Gasteiger partial charge in [-0.15, -0.1) is 5.10 Å². The molecule has 22 heavy (non-hydrogen) atoms. The predicted octanol–water partition coefficient (Wildman–Crippen LogP) is 1.05. The molecular weight excluding hydrogens is 294 g/mol. The van der Waals surface area contributed by atoms with Crippen molar-refractivity contribution in [1.29, 1.82) is 0 Å². The molecule has 1 aliphatic rings. The zero-order valence-electron chi connectivity index (χ0n) is 13.3. The third-order valence-electron chi connectivity index (χ3n) is 4.25. The van der Waals surface area contributed by atoms with Gasteiger partial charge in [0, 0.05) is 17.4 Å². The van der Waals surface area contributed by atoms with Crippen LogP contribution in [0.25, 0.3) is 0 Å². The number of nitrogens with one attached hydrogen (secondary N) is 1. The average Bonchev–Trinajstić information content (AvgIpc) is 2.97. The minimum atomic E-state index is 0.375. The highest BCUT2D eigenvalue weighted by molar-refractivity contribution is 7.99. The van der Waals surface area contributed by atoms with Crippen LogP contribution in [0.3, 0.4) is 0 Å². The first kappa shape index (κ1) is 15.5. The molecule has 1 atom stereocenters. The third-order valence-corrected chi connectivity index (χ3v) is 5.24. The highest BCUT2D eigenvalue weighted by atomic mass is 32.2. The number of tetrazole rings is 1. The molecule has 0 bridgehead atoms. The normalized spacial score (nSPS) is 17.8. The number of hydrogen-bond acceptors (Lipinski definition) is 4. The lowest BCUT2D eigenvalue weighted by Gasteiger charge is -2.32. The third kappa shape index (κ3) is 3.50. The number of quaternary nitrogens is 1. The molecule has 0 spiro atoms. The van der Waals surface area contributed by atoms with E-state index in [-0.39, 0.29) is 0 Å². The SMILES string of the molecule is CC(C)[C@@H](c1nnnn1Cc1ccccc1)[NH+]1CCSCC1. The molecule has 1 N–H and O–H groups in total. The Morgan fingerprint density at radius 3 is 2.59 bits per heavy atom. The van der Waals surface area contributed by atoms with E-state index in [0.717, 1.165) is 12.4 Å². The summed E-state index contributed by atoms with van der Waals surface area (Å²) in [7, 11) is 0. The quantitative estimate of drug-likeness (QED) is 0.895. The molecule has 0 amide bonds. The van der Waals surface area contributed by atoms with Crippen LogP contribution in [0.2, 0.25) is 0 Å². The van der Waals surface area contributed by atoms with Gasteiger partial charge in [-0.1, -0.05) is 44.2 Å². The lowest BCUT2D eigenvalue weighted by atomic mass is 10.0. The van der Waals surface area contributed by atoms with Crippen molar-refractivity contribution in [1.82, 2.24) is 20.2 Å². The van der Waals surface area contributed by atoms with Crippen molar-refractivity contribution in [2.75, 3.05) is 24.6 Å². The smallest absolute Gasteiger partial charge is 0.209 e. The van der Waals surface area contributed by atoms with Crippen LogP contribution in [0.4, 0.5) is 0 Å². The van der Waals surface area contributed by atoms with E-state index >= 15 is 0 Å². The Balaban J connectivity index is 1.84. The van der Waals surface area contributed by atoms with Crippen LogP contribution in [-0.4, -0.2) is 44.8 Å². The van der Waals surface area contributed by atoms with Crippen LogP contribution < -0.4 is 4.90 Å². The second kappa shape index (κ2) is 7.24. The molecule has 3 rings (SSSR count). The van der Waals surface area contributed by atoms with Crippen LogP contribution in [0, 0.1) is 5.92 Å². The van der Waals surface area contributed by atoms with Gasteiger partial charge in [0.15, 0.2) is 6.04 Å². The number of rotatable bonds is 5. The summed E-state index contributed by atoms with van der Waals surface area (Å²) in [6.07, 6.45) is 0. The van der Waals surface area contributed by atoms with E-state index in [1.54, 1.807) is 4.90 Å². The summed E-state index contributed by atoms with van der Waals surface area (Å²) in [6.45, 7) is 7.70. The fraction of sp³-hybridized carbons (Fsp3) is 0.562. The zero-order chi connectivity index (χ0) is 15.4. The monoisotopic (exact) mass is 318 g/mol. The van der Waals surface area contributed by atoms with E-state index in [0.29, 0.717) is 12.0 Å². The van der Waals surface area contributed by atoms with Gasteiger partial charge in [0.05, 0.1) is 19.6 Å². The van der Waals surface area contributed by atoms with Gasteiger partial charge < -0.3 is 4.90 Å². The summed E-state index contributed by atoms with van der Waals surface area (Å²) in [4.78, 5) is 1.62. The number of thioether (sulfide) groups is 1. The van der Waals surface area contributed by atoms with Crippen LogP contribution in [0.15, 0.2) is 30.3 Å². The van der Waals surface area contributed by atoms with Crippen LogP contribution in [0.1, 0.15) is 31.3 Å².